The Labute approximate surface area is 136 Å². The molecule has 3 aliphatic heterocycles. The minimum Gasteiger partial charge on any atom is -0.394 e. The maximum atomic E-state index is 10.1. The van der Waals surface area contributed by atoms with Gasteiger partial charge in [0.1, 0.15) is 24.4 Å². The van der Waals surface area contributed by atoms with Gasteiger partial charge in [0.05, 0.1) is 23.9 Å². The molecule has 2 bridgehead atoms. The highest BCUT2D eigenvalue weighted by Crippen LogP contribution is 2.51. The van der Waals surface area contributed by atoms with Crippen molar-refractivity contribution in [1.29, 1.82) is 0 Å². The van der Waals surface area contributed by atoms with E-state index in [1.54, 1.807) is 0 Å². The van der Waals surface area contributed by atoms with E-state index in [1.807, 2.05) is 13.8 Å². The van der Waals surface area contributed by atoms with Gasteiger partial charge in [0.2, 0.25) is 0 Å². The molecule has 134 valence electrons. The van der Waals surface area contributed by atoms with E-state index in [9.17, 15) is 20.4 Å². The summed E-state index contributed by atoms with van der Waals surface area (Å²) < 4.78 is 17.6. The fourth-order valence-electron chi connectivity index (χ4n) is 4.41. The van der Waals surface area contributed by atoms with Crippen LogP contribution in [0.2, 0.25) is 0 Å². The third kappa shape index (κ3) is 3.04. The van der Waals surface area contributed by atoms with Crippen LogP contribution in [0.3, 0.4) is 0 Å². The van der Waals surface area contributed by atoms with Gasteiger partial charge in [-0.2, -0.15) is 0 Å². The number of aliphatic hydroxyl groups is 4. The van der Waals surface area contributed by atoms with Crippen molar-refractivity contribution in [2.45, 2.75) is 88.0 Å². The van der Waals surface area contributed by atoms with Crippen molar-refractivity contribution in [2.75, 3.05) is 6.61 Å². The monoisotopic (exact) mass is 332 g/mol. The number of fused-ring (bicyclic) bond motifs is 3. The van der Waals surface area contributed by atoms with Gasteiger partial charge in [0, 0.05) is 12.3 Å². The fraction of sp³-hybridized carbons (Fsp3) is 1.00. The smallest absolute Gasteiger partial charge is 0.186 e. The Morgan fingerprint density at radius 3 is 2.35 bits per heavy atom. The normalized spacial score (nSPS) is 52.6. The minimum atomic E-state index is -1.41. The van der Waals surface area contributed by atoms with Gasteiger partial charge in [0.15, 0.2) is 6.29 Å². The summed E-state index contributed by atoms with van der Waals surface area (Å²) in [7, 11) is 0. The molecule has 7 nitrogen and oxygen atoms in total. The Balaban J connectivity index is 1.74. The van der Waals surface area contributed by atoms with E-state index in [1.165, 1.54) is 0 Å². The lowest BCUT2D eigenvalue weighted by atomic mass is 9.67. The van der Waals surface area contributed by atoms with Crippen molar-refractivity contribution in [3.63, 3.8) is 0 Å². The average Bonchev–Trinajstić information content (AvgIpc) is 2.46. The van der Waals surface area contributed by atoms with E-state index in [0.29, 0.717) is 6.42 Å². The number of aliphatic hydroxyl groups excluding tert-OH is 4. The quantitative estimate of drug-likeness (QED) is 0.554. The summed E-state index contributed by atoms with van der Waals surface area (Å²) in [4.78, 5) is 0. The first kappa shape index (κ1) is 17.5. The molecule has 0 aromatic rings. The van der Waals surface area contributed by atoms with Crippen molar-refractivity contribution in [2.24, 2.45) is 5.92 Å². The number of ether oxygens (including phenoxy) is 3. The Kier molecular flexibility index (Phi) is 4.51. The second-order valence-electron chi connectivity index (χ2n) is 7.88. The summed E-state index contributed by atoms with van der Waals surface area (Å²) >= 11 is 0. The van der Waals surface area contributed by atoms with Crippen molar-refractivity contribution in [3.8, 4) is 0 Å². The van der Waals surface area contributed by atoms with E-state index in [2.05, 4.69) is 6.92 Å². The van der Waals surface area contributed by atoms with Crippen LogP contribution < -0.4 is 0 Å². The SMILES string of the molecule is CC12CCC(C(O[C@@H]3O[C@H](CO)[C@@H](O)[C@H](O)[C@H]3O)C1)C(C)(C)O2. The molecule has 4 rings (SSSR count). The molecular formula is C16H28O7. The van der Waals surface area contributed by atoms with E-state index in [-0.39, 0.29) is 23.2 Å². The van der Waals surface area contributed by atoms with Crippen LogP contribution in [-0.4, -0.2) is 75.0 Å². The zero-order chi connectivity index (χ0) is 17.0. The molecule has 0 amide bonds. The molecule has 4 fully saturated rings. The summed E-state index contributed by atoms with van der Waals surface area (Å²) in [5.74, 6) is 0.164. The molecule has 1 aliphatic carbocycles. The van der Waals surface area contributed by atoms with Gasteiger partial charge in [-0.25, -0.2) is 0 Å². The molecular weight excluding hydrogens is 304 g/mol. The standard InChI is InChI=1S/C16H28O7/c1-15(2)8-4-5-16(3,23-15)6-9(8)21-14-13(20)12(19)11(18)10(7-17)22-14/h8-14,17-20H,4-7H2,1-3H3/t8?,9?,10-,11-,12+,13-,14-,16?/m1/s1. The van der Waals surface area contributed by atoms with Crippen LogP contribution in [0.25, 0.3) is 0 Å². The van der Waals surface area contributed by atoms with Crippen LogP contribution in [0.15, 0.2) is 0 Å². The van der Waals surface area contributed by atoms with E-state index in [0.717, 1.165) is 12.8 Å². The number of rotatable bonds is 3. The maximum absolute atomic E-state index is 10.1. The first-order valence-electron chi connectivity index (χ1n) is 8.33. The van der Waals surface area contributed by atoms with Crippen LogP contribution >= 0.6 is 0 Å². The number of hydrogen-bond donors (Lipinski definition) is 4. The molecule has 8 atom stereocenters. The van der Waals surface area contributed by atoms with Crippen LogP contribution in [0, 0.1) is 5.92 Å². The lowest BCUT2D eigenvalue weighted by Gasteiger charge is -2.57. The summed E-state index contributed by atoms with van der Waals surface area (Å²) in [5, 5.41) is 39.1. The van der Waals surface area contributed by atoms with E-state index >= 15 is 0 Å². The summed E-state index contributed by atoms with van der Waals surface area (Å²) in [6.45, 7) is 5.69. The Bertz CT molecular complexity index is 437. The van der Waals surface area contributed by atoms with Crippen LogP contribution in [0.4, 0.5) is 0 Å². The van der Waals surface area contributed by atoms with Crippen molar-refractivity contribution < 1.29 is 34.6 Å². The van der Waals surface area contributed by atoms with Gasteiger partial charge in [-0.15, -0.1) is 0 Å². The van der Waals surface area contributed by atoms with Crippen LogP contribution in [-0.2, 0) is 14.2 Å². The van der Waals surface area contributed by atoms with E-state index < -0.39 is 37.3 Å². The van der Waals surface area contributed by atoms with Gasteiger partial charge in [-0.1, -0.05) is 0 Å². The maximum Gasteiger partial charge on any atom is 0.186 e. The predicted octanol–water partition coefficient (Wildman–Crippen LogP) is -0.461. The molecule has 0 spiro atoms. The van der Waals surface area contributed by atoms with Gasteiger partial charge in [-0.05, 0) is 33.6 Å². The Morgan fingerprint density at radius 2 is 1.78 bits per heavy atom. The molecule has 4 N–H and O–H groups in total. The molecule has 1 saturated carbocycles. The second-order valence-corrected chi connectivity index (χ2v) is 7.88. The van der Waals surface area contributed by atoms with Crippen molar-refractivity contribution >= 4 is 0 Å². The number of hydrogen-bond acceptors (Lipinski definition) is 7. The fourth-order valence-corrected chi connectivity index (χ4v) is 4.41. The highest BCUT2D eigenvalue weighted by molar-refractivity contribution is 5.03. The minimum absolute atomic E-state index is 0.164. The molecule has 0 aromatic carbocycles. The molecule has 3 saturated heterocycles. The first-order valence-corrected chi connectivity index (χ1v) is 8.33. The van der Waals surface area contributed by atoms with Crippen LogP contribution in [0.5, 0.6) is 0 Å². The van der Waals surface area contributed by atoms with E-state index in [4.69, 9.17) is 14.2 Å². The summed E-state index contributed by atoms with van der Waals surface area (Å²) in [5.41, 5.74) is -0.596. The summed E-state index contributed by atoms with van der Waals surface area (Å²) in [6, 6.07) is 0. The highest BCUT2D eigenvalue weighted by atomic mass is 16.7. The predicted molar refractivity (Wildman–Crippen MR) is 79.6 cm³/mol. The molecule has 0 aromatic heterocycles. The third-order valence-electron chi connectivity index (χ3n) is 5.63. The molecule has 4 aliphatic rings. The largest absolute Gasteiger partial charge is 0.394 e. The first-order chi connectivity index (χ1) is 10.7. The lowest BCUT2D eigenvalue weighted by molar-refractivity contribution is -0.344. The van der Waals surface area contributed by atoms with Gasteiger partial charge in [-0.3, -0.25) is 0 Å². The lowest BCUT2D eigenvalue weighted by Crippen LogP contribution is -2.64. The summed E-state index contributed by atoms with van der Waals surface area (Å²) in [6.07, 6.45) is -3.70. The molecule has 7 heteroatoms. The van der Waals surface area contributed by atoms with Gasteiger partial charge < -0.3 is 34.6 Å². The average molecular weight is 332 g/mol. The highest BCUT2D eigenvalue weighted by Gasteiger charge is 2.55. The zero-order valence-corrected chi connectivity index (χ0v) is 13.9. The van der Waals surface area contributed by atoms with Gasteiger partial charge >= 0.3 is 0 Å². The zero-order valence-electron chi connectivity index (χ0n) is 13.9. The molecule has 0 radical (unpaired) electrons. The Hall–Kier alpha value is -0.280. The molecule has 3 heterocycles. The van der Waals surface area contributed by atoms with Crippen molar-refractivity contribution in [3.05, 3.63) is 0 Å². The third-order valence-corrected chi connectivity index (χ3v) is 5.63. The van der Waals surface area contributed by atoms with Crippen molar-refractivity contribution in [1.82, 2.24) is 0 Å². The Morgan fingerprint density at radius 1 is 1.09 bits per heavy atom. The topological polar surface area (TPSA) is 109 Å². The second kappa shape index (κ2) is 5.91. The molecule has 3 unspecified atom stereocenters. The van der Waals surface area contributed by atoms with Gasteiger partial charge in [0.25, 0.3) is 0 Å². The molecule has 23 heavy (non-hydrogen) atoms. The van der Waals surface area contributed by atoms with Crippen LogP contribution in [0.1, 0.15) is 40.0 Å².